The third-order valence-corrected chi connectivity index (χ3v) is 6.01. The Hall–Kier alpha value is -3.79. The fourth-order valence-electron chi connectivity index (χ4n) is 4.66. The van der Waals surface area contributed by atoms with E-state index in [0.717, 1.165) is 30.0 Å². The molecule has 31 heavy (non-hydrogen) atoms. The predicted octanol–water partition coefficient (Wildman–Crippen LogP) is 3.51. The van der Waals surface area contributed by atoms with Gasteiger partial charge < -0.3 is 18.6 Å². The third kappa shape index (κ3) is 3.61. The Kier molecular flexibility index (Phi) is 4.83. The number of nitrogens with zero attached hydrogens (tertiary/aromatic N) is 4. The van der Waals surface area contributed by atoms with Crippen molar-refractivity contribution in [3.05, 3.63) is 75.7 Å². The number of oxazole rings is 1. The lowest BCUT2D eigenvalue weighted by Crippen LogP contribution is -2.47. The SMILES string of the molecule is COc1cccc(/C=C/c2nc(C#N)c(N3C[C@H]4C[C@@H](C3)c3cccc(=O)n3C4)o2)c1. The zero-order valence-corrected chi connectivity index (χ0v) is 17.2. The lowest BCUT2D eigenvalue weighted by atomic mass is 9.83. The van der Waals surface area contributed by atoms with Crippen LogP contribution in [-0.2, 0) is 6.54 Å². The zero-order chi connectivity index (χ0) is 21.4. The number of aromatic nitrogens is 2. The van der Waals surface area contributed by atoms with E-state index >= 15 is 0 Å². The van der Waals surface area contributed by atoms with Crippen molar-refractivity contribution in [2.45, 2.75) is 18.9 Å². The molecular formula is C24H22N4O3. The molecule has 5 rings (SSSR count). The first-order chi connectivity index (χ1) is 15.1. The molecule has 2 aromatic heterocycles. The van der Waals surface area contributed by atoms with Crippen molar-refractivity contribution in [1.29, 1.82) is 5.26 Å². The highest BCUT2D eigenvalue weighted by Gasteiger charge is 2.36. The highest BCUT2D eigenvalue weighted by atomic mass is 16.5. The highest BCUT2D eigenvalue weighted by Crippen LogP contribution is 2.38. The molecule has 3 aromatic rings. The van der Waals surface area contributed by atoms with E-state index in [-0.39, 0.29) is 17.2 Å². The minimum Gasteiger partial charge on any atom is -0.497 e. The second kappa shape index (κ2) is 7.80. The predicted molar refractivity (Wildman–Crippen MR) is 117 cm³/mol. The molecule has 4 heterocycles. The normalized spacial score (nSPS) is 19.8. The molecule has 0 unspecified atom stereocenters. The van der Waals surface area contributed by atoms with Gasteiger partial charge in [-0.1, -0.05) is 18.2 Å². The van der Waals surface area contributed by atoms with Gasteiger partial charge in [0.1, 0.15) is 11.8 Å². The van der Waals surface area contributed by atoms with Crippen LogP contribution >= 0.6 is 0 Å². The van der Waals surface area contributed by atoms with Gasteiger partial charge in [-0.25, -0.2) is 0 Å². The van der Waals surface area contributed by atoms with Crippen molar-refractivity contribution in [3.63, 3.8) is 0 Å². The molecule has 1 fully saturated rings. The Morgan fingerprint density at radius 3 is 2.90 bits per heavy atom. The van der Waals surface area contributed by atoms with E-state index in [9.17, 15) is 10.1 Å². The summed E-state index contributed by atoms with van der Waals surface area (Å²) in [4.78, 5) is 18.7. The second-order valence-corrected chi connectivity index (χ2v) is 8.03. The van der Waals surface area contributed by atoms with E-state index in [1.807, 2.05) is 47.0 Å². The third-order valence-electron chi connectivity index (χ3n) is 6.01. The Labute approximate surface area is 179 Å². The molecule has 156 valence electrons. The molecule has 7 heteroatoms. The summed E-state index contributed by atoms with van der Waals surface area (Å²) < 4.78 is 13.2. The van der Waals surface area contributed by atoms with Crippen molar-refractivity contribution in [2.24, 2.45) is 5.92 Å². The van der Waals surface area contributed by atoms with Crippen molar-refractivity contribution in [3.8, 4) is 11.8 Å². The number of hydrogen-bond acceptors (Lipinski definition) is 6. The maximum absolute atomic E-state index is 12.2. The van der Waals surface area contributed by atoms with Crippen LogP contribution in [0, 0.1) is 17.2 Å². The van der Waals surface area contributed by atoms with Crippen LogP contribution < -0.4 is 15.2 Å². The number of piperidine rings is 1. The first-order valence-corrected chi connectivity index (χ1v) is 10.3. The number of nitriles is 1. The topological polar surface area (TPSA) is 84.3 Å². The molecule has 0 N–H and O–H groups in total. The van der Waals surface area contributed by atoms with Crippen LogP contribution in [0.3, 0.4) is 0 Å². The Bertz CT molecular complexity index is 1250. The number of anilines is 1. The van der Waals surface area contributed by atoms with Crippen LogP contribution in [0.1, 0.15) is 35.2 Å². The van der Waals surface area contributed by atoms with Gasteiger partial charge in [-0.3, -0.25) is 4.79 Å². The number of benzene rings is 1. The summed E-state index contributed by atoms with van der Waals surface area (Å²) >= 11 is 0. The van der Waals surface area contributed by atoms with Gasteiger partial charge in [0.25, 0.3) is 5.56 Å². The number of pyridine rings is 1. The molecule has 0 saturated carbocycles. The van der Waals surface area contributed by atoms with Crippen LogP contribution in [0.25, 0.3) is 12.2 Å². The number of fused-ring (bicyclic) bond motifs is 4. The maximum Gasteiger partial charge on any atom is 0.250 e. The summed E-state index contributed by atoms with van der Waals surface area (Å²) in [6.45, 7) is 2.13. The summed E-state index contributed by atoms with van der Waals surface area (Å²) in [5, 5.41) is 9.63. The molecule has 2 bridgehead atoms. The molecule has 0 aliphatic carbocycles. The van der Waals surface area contributed by atoms with Crippen LogP contribution in [-0.4, -0.2) is 29.8 Å². The van der Waals surface area contributed by atoms with Crippen LogP contribution in [0.2, 0.25) is 0 Å². The summed E-state index contributed by atoms with van der Waals surface area (Å²) in [5.41, 5.74) is 2.36. The van der Waals surface area contributed by atoms with Crippen molar-refractivity contribution in [1.82, 2.24) is 9.55 Å². The molecule has 0 spiro atoms. The van der Waals surface area contributed by atoms with Crippen LogP contribution in [0.15, 0.2) is 51.7 Å². The summed E-state index contributed by atoms with van der Waals surface area (Å²) in [7, 11) is 1.63. The lowest BCUT2D eigenvalue weighted by Gasteiger charge is -2.42. The molecule has 2 aliphatic rings. The van der Waals surface area contributed by atoms with Gasteiger partial charge in [0.2, 0.25) is 17.5 Å². The highest BCUT2D eigenvalue weighted by molar-refractivity contribution is 5.68. The fraction of sp³-hybridized carbons (Fsp3) is 0.292. The van der Waals surface area contributed by atoms with Gasteiger partial charge in [-0.2, -0.15) is 10.2 Å². The van der Waals surface area contributed by atoms with Crippen LogP contribution in [0.5, 0.6) is 5.75 Å². The van der Waals surface area contributed by atoms with Gasteiger partial charge >= 0.3 is 0 Å². The summed E-state index contributed by atoms with van der Waals surface area (Å²) in [5.74, 6) is 2.23. The summed E-state index contributed by atoms with van der Waals surface area (Å²) in [6, 6.07) is 15.3. The van der Waals surface area contributed by atoms with Gasteiger partial charge in [0.05, 0.1) is 7.11 Å². The first-order valence-electron chi connectivity index (χ1n) is 10.3. The van der Waals surface area contributed by atoms with E-state index in [2.05, 4.69) is 16.0 Å². The molecule has 0 radical (unpaired) electrons. The average Bonchev–Trinajstić information content (AvgIpc) is 3.22. The van der Waals surface area contributed by atoms with E-state index < -0.39 is 0 Å². The minimum absolute atomic E-state index is 0.0583. The zero-order valence-electron chi connectivity index (χ0n) is 17.2. The number of rotatable bonds is 4. The van der Waals surface area contributed by atoms with Crippen molar-refractivity contribution in [2.75, 3.05) is 25.1 Å². The number of hydrogen-bond donors (Lipinski definition) is 0. The average molecular weight is 414 g/mol. The van der Waals surface area contributed by atoms with Gasteiger partial charge in [-0.05, 0) is 42.2 Å². The Morgan fingerprint density at radius 2 is 2.06 bits per heavy atom. The number of ether oxygens (including phenoxy) is 1. The smallest absolute Gasteiger partial charge is 0.250 e. The lowest BCUT2D eigenvalue weighted by molar-refractivity contribution is 0.275. The molecule has 2 aliphatic heterocycles. The van der Waals surface area contributed by atoms with Gasteiger partial charge in [0.15, 0.2) is 0 Å². The molecule has 1 saturated heterocycles. The van der Waals surface area contributed by atoms with E-state index in [1.54, 1.807) is 19.3 Å². The van der Waals surface area contributed by atoms with Gasteiger partial charge in [-0.15, -0.1) is 0 Å². The molecule has 1 aromatic carbocycles. The van der Waals surface area contributed by atoms with E-state index in [0.29, 0.717) is 30.8 Å². The van der Waals surface area contributed by atoms with Crippen molar-refractivity contribution < 1.29 is 9.15 Å². The van der Waals surface area contributed by atoms with Gasteiger partial charge in [0, 0.05) is 43.4 Å². The quantitative estimate of drug-likeness (QED) is 0.650. The molecule has 7 nitrogen and oxygen atoms in total. The summed E-state index contributed by atoms with van der Waals surface area (Å²) in [6.07, 6.45) is 4.68. The maximum atomic E-state index is 12.2. The molecular weight excluding hydrogens is 392 g/mol. The Balaban J connectivity index is 1.41. The first kappa shape index (κ1) is 19.2. The fourth-order valence-corrected chi connectivity index (χ4v) is 4.66. The van der Waals surface area contributed by atoms with Crippen LogP contribution in [0.4, 0.5) is 5.88 Å². The minimum atomic E-state index is 0.0583. The number of methoxy groups -OCH3 is 1. The van der Waals surface area contributed by atoms with Crippen molar-refractivity contribution >= 4 is 18.0 Å². The second-order valence-electron chi connectivity index (χ2n) is 8.03. The van der Waals surface area contributed by atoms with E-state index in [4.69, 9.17) is 9.15 Å². The Morgan fingerprint density at radius 1 is 1.19 bits per heavy atom. The molecule has 2 atom stereocenters. The monoisotopic (exact) mass is 414 g/mol. The largest absolute Gasteiger partial charge is 0.497 e. The molecule has 0 amide bonds. The standard InChI is InChI=1S/C24H22N4O3/c1-30-19-5-2-4-16(11-19)8-9-22-26-20(12-25)24(31-22)27-13-17-10-18(15-27)21-6-3-7-23(29)28(21)14-17/h2-9,11,17-18H,10,13-15H2,1H3/b9-8+/t17-,18+/m1/s1. The van der Waals surface area contributed by atoms with E-state index in [1.165, 1.54) is 0 Å².